The topological polar surface area (TPSA) is 68.5 Å². The first-order valence-electron chi connectivity index (χ1n) is 8.66. The molecule has 2 heterocycles. The van der Waals surface area contributed by atoms with Crippen LogP contribution in [0.5, 0.6) is 5.75 Å². The van der Waals surface area contributed by atoms with Gasteiger partial charge in [0.15, 0.2) is 10.8 Å². The van der Waals surface area contributed by atoms with Gasteiger partial charge in [-0.25, -0.2) is 8.78 Å². The Morgan fingerprint density at radius 1 is 1.17 bits per heavy atom. The number of amides is 1. The Balaban J connectivity index is 1.61. The van der Waals surface area contributed by atoms with Crippen molar-refractivity contribution in [3.05, 3.63) is 59.7 Å². The summed E-state index contributed by atoms with van der Waals surface area (Å²) in [5.74, 6) is -1.30. The quantitative estimate of drug-likeness (QED) is 0.496. The number of nitrogens with zero attached hydrogens (tertiary/aromatic N) is 3. The molecule has 148 valence electrons. The highest BCUT2D eigenvalue weighted by atomic mass is 32.2. The van der Waals surface area contributed by atoms with Crippen molar-refractivity contribution in [3.63, 3.8) is 0 Å². The van der Waals surface area contributed by atoms with Gasteiger partial charge >= 0.3 is 0 Å². The van der Waals surface area contributed by atoms with Gasteiger partial charge in [0, 0.05) is 17.5 Å². The first-order chi connectivity index (χ1) is 14.0. The number of thioether (sulfide) groups is 1. The zero-order valence-electron chi connectivity index (χ0n) is 15.6. The largest absolute Gasteiger partial charge is 0.497 e. The maximum absolute atomic E-state index is 13.7. The number of aryl methyl sites for hydroxylation is 1. The third-order valence-corrected chi connectivity index (χ3v) is 5.34. The summed E-state index contributed by atoms with van der Waals surface area (Å²) in [6.07, 6.45) is 0. The van der Waals surface area contributed by atoms with Crippen molar-refractivity contribution >= 4 is 39.9 Å². The van der Waals surface area contributed by atoms with Gasteiger partial charge in [-0.3, -0.25) is 9.20 Å². The normalized spacial score (nSPS) is 11.2. The Hall–Kier alpha value is -3.20. The molecule has 0 fully saturated rings. The van der Waals surface area contributed by atoms with Gasteiger partial charge in [0.1, 0.15) is 17.4 Å². The molecule has 6 nitrogen and oxygen atoms in total. The van der Waals surface area contributed by atoms with E-state index in [1.165, 1.54) is 17.8 Å². The molecule has 1 amide bonds. The van der Waals surface area contributed by atoms with Crippen LogP contribution in [0.25, 0.3) is 16.6 Å². The number of anilines is 1. The Kier molecular flexibility index (Phi) is 5.06. The summed E-state index contributed by atoms with van der Waals surface area (Å²) < 4.78 is 33.9. The number of halogens is 2. The molecule has 0 aliphatic carbocycles. The van der Waals surface area contributed by atoms with Crippen molar-refractivity contribution in [1.29, 1.82) is 0 Å². The molecular weight excluding hydrogens is 398 g/mol. The van der Waals surface area contributed by atoms with Gasteiger partial charge in [-0.15, -0.1) is 10.2 Å². The van der Waals surface area contributed by atoms with E-state index in [0.29, 0.717) is 16.6 Å². The Morgan fingerprint density at radius 2 is 2.00 bits per heavy atom. The van der Waals surface area contributed by atoms with E-state index in [0.717, 1.165) is 28.6 Å². The number of rotatable bonds is 5. The second kappa shape index (κ2) is 7.67. The van der Waals surface area contributed by atoms with Crippen LogP contribution in [0, 0.1) is 18.6 Å². The summed E-state index contributed by atoms with van der Waals surface area (Å²) in [4.78, 5) is 12.2. The molecule has 4 rings (SSSR count). The van der Waals surface area contributed by atoms with Gasteiger partial charge in [0.05, 0.1) is 24.1 Å². The van der Waals surface area contributed by atoms with E-state index < -0.39 is 17.5 Å². The van der Waals surface area contributed by atoms with Crippen molar-refractivity contribution in [2.45, 2.75) is 12.1 Å². The summed E-state index contributed by atoms with van der Waals surface area (Å²) in [5, 5.41) is 12.3. The molecular formula is C20H16F2N4O2S. The first-order valence-corrected chi connectivity index (χ1v) is 9.65. The monoisotopic (exact) mass is 414 g/mol. The molecule has 0 atom stereocenters. The van der Waals surface area contributed by atoms with Crippen LogP contribution >= 0.6 is 11.8 Å². The molecule has 2 aromatic heterocycles. The molecule has 0 aliphatic heterocycles. The molecule has 2 aromatic carbocycles. The van der Waals surface area contributed by atoms with Crippen LogP contribution in [-0.2, 0) is 4.79 Å². The molecule has 0 spiro atoms. The van der Waals surface area contributed by atoms with Crippen molar-refractivity contribution in [2.24, 2.45) is 0 Å². The highest BCUT2D eigenvalue weighted by Gasteiger charge is 2.15. The van der Waals surface area contributed by atoms with Gasteiger partial charge in [0.2, 0.25) is 5.91 Å². The lowest BCUT2D eigenvalue weighted by Crippen LogP contribution is -2.15. The van der Waals surface area contributed by atoms with E-state index in [1.54, 1.807) is 7.11 Å². The summed E-state index contributed by atoms with van der Waals surface area (Å²) in [5.41, 5.74) is 2.48. The number of hydrogen-bond acceptors (Lipinski definition) is 5. The van der Waals surface area contributed by atoms with Crippen LogP contribution in [0.1, 0.15) is 5.56 Å². The molecule has 0 unspecified atom stereocenters. The third kappa shape index (κ3) is 3.73. The van der Waals surface area contributed by atoms with Crippen LogP contribution in [0.15, 0.2) is 47.6 Å². The highest BCUT2D eigenvalue weighted by molar-refractivity contribution is 7.99. The van der Waals surface area contributed by atoms with E-state index in [9.17, 15) is 13.6 Å². The fraction of sp³-hybridized carbons (Fsp3) is 0.150. The van der Waals surface area contributed by atoms with Crippen LogP contribution in [0.2, 0.25) is 0 Å². The van der Waals surface area contributed by atoms with Crippen molar-refractivity contribution in [3.8, 4) is 5.75 Å². The van der Waals surface area contributed by atoms with E-state index in [1.807, 2.05) is 35.6 Å². The number of carbonyl (C=O) groups is 1. The van der Waals surface area contributed by atoms with Gasteiger partial charge < -0.3 is 10.1 Å². The van der Waals surface area contributed by atoms with E-state index in [-0.39, 0.29) is 11.4 Å². The second-order valence-corrected chi connectivity index (χ2v) is 7.29. The molecule has 1 N–H and O–H groups in total. The zero-order chi connectivity index (χ0) is 20.5. The molecule has 4 aromatic rings. The van der Waals surface area contributed by atoms with Crippen LogP contribution in [-0.4, -0.2) is 33.4 Å². The van der Waals surface area contributed by atoms with Crippen molar-refractivity contribution in [1.82, 2.24) is 14.6 Å². The summed E-state index contributed by atoms with van der Waals surface area (Å²) in [6, 6.07) is 10.6. The average molecular weight is 414 g/mol. The number of fused-ring (bicyclic) bond motifs is 3. The fourth-order valence-corrected chi connectivity index (χ4v) is 3.78. The average Bonchev–Trinajstić information content (AvgIpc) is 3.11. The van der Waals surface area contributed by atoms with Crippen molar-refractivity contribution < 1.29 is 18.3 Å². The molecule has 9 heteroatoms. The maximum Gasteiger partial charge on any atom is 0.234 e. The number of aromatic nitrogens is 3. The SMILES string of the molecule is COc1ccc2c(C)cc3nnc(SCC(=O)Nc4ccc(F)cc4F)n3c2c1. The molecule has 0 aliphatic rings. The van der Waals surface area contributed by atoms with E-state index >= 15 is 0 Å². The minimum atomic E-state index is -0.829. The van der Waals surface area contributed by atoms with Crippen LogP contribution < -0.4 is 10.1 Å². The Bertz CT molecular complexity index is 1240. The Labute approximate surface area is 168 Å². The predicted octanol–water partition coefficient (Wildman–Crippen LogP) is 4.21. The minimum absolute atomic E-state index is 0.0169. The number of hydrogen-bond donors (Lipinski definition) is 1. The number of pyridine rings is 1. The van der Waals surface area contributed by atoms with Gasteiger partial charge in [-0.2, -0.15) is 0 Å². The zero-order valence-corrected chi connectivity index (χ0v) is 16.4. The molecule has 0 saturated heterocycles. The van der Waals surface area contributed by atoms with Gasteiger partial charge in [0.25, 0.3) is 0 Å². The third-order valence-electron chi connectivity index (χ3n) is 4.41. The second-order valence-electron chi connectivity index (χ2n) is 6.35. The summed E-state index contributed by atoms with van der Waals surface area (Å²) in [7, 11) is 1.59. The number of ether oxygens (including phenoxy) is 1. The smallest absolute Gasteiger partial charge is 0.234 e. The lowest BCUT2D eigenvalue weighted by atomic mass is 10.1. The van der Waals surface area contributed by atoms with Gasteiger partial charge in [-0.1, -0.05) is 11.8 Å². The number of carbonyl (C=O) groups excluding carboxylic acids is 1. The van der Waals surface area contributed by atoms with Crippen LogP contribution in [0.4, 0.5) is 14.5 Å². The number of nitrogens with one attached hydrogen (secondary N) is 1. The predicted molar refractivity (Wildman–Crippen MR) is 107 cm³/mol. The molecule has 0 bridgehead atoms. The summed E-state index contributed by atoms with van der Waals surface area (Å²) in [6.45, 7) is 1.99. The highest BCUT2D eigenvalue weighted by Crippen LogP contribution is 2.28. The van der Waals surface area contributed by atoms with Gasteiger partial charge in [-0.05, 0) is 42.8 Å². The fourth-order valence-electron chi connectivity index (χ4n) is 3.03. The molecule has 0 radical (unpaired) electrons. The summed E-state index contributed by atoms with van der Waals surface area (Å²) >= 11 is 1.17. The lowest BCUT2D eigenvalue weighted by Gasteiger charge is -2.09. The van der Waals surface area contributed by atoms with Crippen LogP contribution in [0.3, 0.4) is 0 Å². The minimum Gasteiger partial charge on any atom is -0.497 e. The number of methoxy groups -OCH3 is 1. The Morgan fingerprint density at radius 3 is 2.76 bits per heavy atom. The van der Waals surface area contributed by atoms with E-state index in [2.05, 4.69) is 15.5 Å². The van der Waals surface area contributed by atoms with Crippen molar-refractivity contribution in [2.75, 3.05) is 18.2 Å². The molecule has 29 heavy (non-hydrogen) atoms. The number of benzene rings is 2. The maximum atomic E-state index is 13.7. The standard InChI is InChI=1S/C20H16F2N4O2S/c1-11-7-18-24-25-20(26(18)17-9-13(28-2)4-5-14(11)17)29-10-19(27)23-16-6-3-12(21)8-15(16)22/h3-9H,10H2,1-2H3,(H,23,27). The molecule has 0 saturated carbocycles. The first kappa shape index (κ1) is 19.1. The lowest BCUT2D eigenvalue weighted by molar-refractivity contribution is -0.113. The van der Waals surface area contributed by atoms with E-state index in [4.69, 9.17) is 4.74 Å².